The number of esters is 3. The van der Waals surface area contributed by atoms with Crippen LogP contribution in [0.5, 0.6) is 0 Å². The van der Waals surface area contributed by atoms with Crippen LogP contribution in [-0.4, -0.2) is 42.8 Å². The van der Waals surface area contributed by atoms with Crippen molar-refractivity contribution < 1.29 is 33.3 Å². The Morgan fingerprint density at radius 2 is 1.64 bits per heavy atom. The number of carbonyl (C=O) groups excluding carboxylic acids is 3. The summed E-state index contributed by atoms with van der Waals surface area (Å²) >= 11 is 6.12. The molecule has 1 aromatic carbocycles. The zero-order valence-electron chi connectivity index (χ0n) is 16.6. The quantitative estimate of drug-likeness (QED) is 0.542. The van der Waals surface area contributed by atoms with E-state index in [1.54, 1.807) is 19.1 Å². The van der Waals surface area contributed by atoms with E-state index in [0.717, 1.165) is 5.56 Å². The van der Waals surface area contributed by atoms with Gasteiger partial charge in [-0.1, -0.05) is 30.7 Å². The smallest absolute Gasteiger partial charge is 0.303 e. The lowest BCUT2D eigenvalue weighted by atomic mass is 9.85. The van der Waals surface area contributed by atoms with Gasteiger partial charge in [0.1, 0.15) is 18.8 Å². The summed E-state index contributed by atoms with van der Waals surface area (Å²) in [5, 5.41) is 0.588. The summed E-state index contributed by atoms with van der Waals surface area (Å²) < 4.78 is 22.3. The van der Waals surface area contributed by atoms with Crippen molar-refractivity contribution in [1.29, 1.82) is 0 Å². The molecule has 0 amide bonds. The zero-order chi connectivity index (χ0) is 21.0. The summed E-state index contributed by atoms with van der Waals surface area (Å²) in [4.78, 5) is 34.7. The molecule has 1 aromatic rings. The maximum Gasteiger partial charge on any atom is 0.303 e. The second-order valence-electron chi connectivity index (χ2n) is 6.91. The van der Waals surface area contributed by atoms with E-state index in [2.05, 4.69) is 0 Å². The van der Waals surface area contributed by atoms with E-state index >= 15 is 0 Å². The number of hydrogen-bond donors (Lipinski definition) is 0. The predicted octanol–water partition coefficient (Wildman–Crippen LogP) is 3.15. The first kappa shape index (κ1) is 22.2. The Morgan fingerprint density at radius 3 is 2.18 bits per heavy atom. The van der Waals surface area contributed by atoms with E-state index in [4.69, 9.17) is 30.5 Å². The number of benzene rings is 1. The fourth-order valence-electron chi connectivity index (χ4n) is 3.26. The summed E-state index contributed by atoms with van der Waals surface area (Å²) in [6.07, 6.45) is -2.90. The van der Waals surface area contributed by atoms with E-state index in [9.17, 15) is 14.4 Å². The van der Waals surface area contributed by atoms with Gasteiger partial charge in [0, 0.05) is 31.7 Å². The third-order valence-electron chi connectivity index (χ3n) is 4.61. The van der Waals surface area contributed by atoms with Crippen LogP contribution in [0.2, 0.25) is 5.02 Å². The highest BCUT2D eigenvalue weighted by Gasteiger charge is 2.48. The molecule has 0 bridgehead atoms. The van der Waals surface area contributed by atoms with Gasteiger partial charge < -0.3 is 18.9 Å². The Balaban J connectivity index is 2.45. The van der Waals surface area contributed by atoms with Gasteiger partial charge in [-0.25, -0.2) is 0 Å². The first-order chi connectivity index (χ1) is 13.1. The topological polar surface area (TPSA) is 88.1 Å². The molecule has 1 aliphatic heterocycles. The Bertz CT molecular complexity index is 748. The molecule has 0 aliphatic carbocycles. The molecule has 1 fully saturated rings. The van der Waals surface area contributed by atoms with Gasteiger partial charge in [-0.3, -0.25) is 14.4 Å². The second kappa shape index (κ2) is 9.39. The number of hydrogen-bond acceptors (Lipinski definition) is 7. The fourth-order valence-corrected chi connectivity index (χ4v) is 3.38. The van der Waals surface area contributed by atoms with Crippen LogP contribution in [0.3, 0.4) is 0 Å². The van der Waals surface area contributed by atoms with Crippen LogP contribution in [0, 0.1) is 12.8 Å². The molecule has 2 rings (SSSR count). The summed E-state index contributed by atoms with van der Waals surface area (Å²) in [6, 6.07) is 5.31. The fraction of sp³-hybridized carbons (Fsp3) is 0.550. The standard InChI is InChI=1S/C20H25ClO7/c1-10-8-15(6-7-16(10)21)19-20(27-14(5)24)18(26-13(4)23)11(2)17(28-19)9-25-12(3)22/h6-8,11,17-20H,9H2,1-5H3/t11-,17-,18+,19?,20-/m1/s1. The first-order valence-electron chi connectivity index (χ1n) is 8.99. The summed E-state index contributed by atoms with van der Waals surface area (Å²) in [7, 11) is 0. The average Bonchev–Trinajstić information content (AvgIpc) is 2.59. The Kier molecular flexibility index (Phi) is 7.43. The van der Waals surface area contributed by atoms with Gasteiger partial charge in [0.15, 0.2) is 6.10 Å². The van der Waals surface area contributed by atoms with Crippen molar-refractivity contribution in [2.75, 3.05) is 6.61 Å². The number of halogens is 1. The first-order valence-corrected chi connectivity index (χ1v) is 9.37. The van der Waals surface area contributed by atoms with E-state index in [0.29, 0.717) is 10.6 Å². The molecule has 0 N–H and O–H groups in total. The summed E-state index contributed by atoms with van der Waals surface area (Å²) in [5.74, 6) is -1.85. The van der Waals surface area contributed by atoms with Crippen LogP contribution < -0.4 is 0 Å². The van der Waals surface area contributed by atoms with Crippen molar-refractivity contribution in [1.82, 2.24) is 0 Å². The molecule has 0 aromatic heterocycles. The molecule has 1 unspecified atom stereocenters. The molecule has 8 heteroatoms. The monoisotopic (exact) mass is 412 g/mol. The van der Waals surface area contributed by atoms with Gasteiger partial charge >= 0.3 is 17.9 Å². The molecule has 154 valence electrons. The maximum absolute atomic E-state index is 11.7. The lowest BCUT2D eigenvalue weighted by Gasteiger charge is -2.44. The van der Waals surface area contributed by atoms with Crippen molar-refractivity contribution >= 4 is 29.5 Å². The van der Waals surface area contributed by atoms with Crippen molar-refractivity contribution in [3.63, 3.8) is 0 Å². The van der Waals surface area contributed by atoms with Crippen LogP contribution in [0.25, 0.3) is 0 Å². The van der Waals surface area contributed by atoms with Crippen LogP contribution in [0.1, 0.15) is 44.9 Å². The molecule has 1 saturated heterocycles. The SMILES string of the molecule is CC(=O)OC[C@H]1OC(c2ccc(Cl)c(C)c2)[C@H](OC(C)=O)[C@@H](OC(C)=O)[C@@H]1C. The van der Waals surface area contributed by atoms with Gasteiger partial charge in [0.25, 0.3) is 0 Å². The molecule has 0 radical (unpaired) electrons. The highest BCUT2D eigenvalue weighted by Crippen LogP contribution is 2.39. The number of ether oxygens (including phenoxy) is 4. The largest absolute Gasteiger partial charge is 0.463 e. The molecule has 5 atom stereocenters. The van der Waals surface area contributed by atoms with Crippen molar-refractivity contribution in [2.24, 2.45) is 5.92 Å². The van der Waals surface area contributed by atoms with E-state index in [1.807, 2.05) is 13.0 Å². The average molecular weight is 413 g/mol. The third-order valence-corrected chi connectivity index (χ3v) is 5.04. The molecule has 1 aliphatic rings. The highest BCUT2D eigenvalue weighted by molar-refractivity contribution is 6.31. The lowest BCUT2D eigenvalue weighted by Crippen LogP contribution is -2.54. The lowest BCUT2D eigenvalue weighted by molar-refractivity contribution is -0.232. The van der Waals surface area contributed by atoms with E-state index < -0.39 is 42.3 Å². The van der Waals surface area contributed by atoms with Gasteiger partial charge in [-0.05, 0) is 24.1 Å². The van der Waals surface area contributed by atoms with Crippen molar-refractivity contribution in [3.05, 3.63) is 34.3 Å². The van der Waals surface area contributed by atoms with Crippen molar-refractivity contribution in [3.8, 4) is 0 Å². The van der Waals surface area contributed by atoms with Gasteiger partial charge in [0.2, 0.25) is 0 Å². The van der Waals surface area contributed by atoms with Crippen LogP contribution in [0.4, 0.5) is 0 Å². The summed E-state index contributed by atoms with van der Waals surface area (Å²) in [6.45, 7) is 7.50. The Morgan fingerprint density at radius 1 is 1.04 bits per heavy atom. The van der Waals surface area contributed by atoms with Crippen LogP contribution >= 0.6 is 11.6 Å². The molecule has 7 nitrogen and oxygen atoms in total. The number of carbonyl (C=O) groups is 3. The predicted molar refractivity (Wildman–Crippen MR) is 101 cm³/mol. The van der Waals surface area contributed by atoms with E-state index in [-0.39, 0.29) is 12.5 Å². The molecular formula is C20H25ClO7. The Labute approximate surface area is 169 Å². The maximum atomic E-state index is 11.7. The molecule has 0 saturated carbocycles. The van der Waals surface area contributed by atoms with Crippen LogP contribution in [0.15, 0.2) is 18.2 Å². The molecular weight excluding hydrogens is 388 g/mol. The molecule has 28 heavy (non-hydrogen) atoms. The minimum Gasteiger partial charge on any atom is -0.463 e. The minimum absolute atomic E-state index is 0.00979. The minimum atomic E-state index is -0.856. The molecule has 1 heterocycles. The third kappa shape index (κ3) is 5.45. The highest BCUT2D eigenvalue weighted by atomic mass is 35.5. The van der Waals surface area contributed by atoms with Crippen LogP contribution in [-0.2, 0) is 33.3 Å². The summed E-state index contributed by atoms with van der Waals surface area (Å²) in [5.41, 5.74) is 1.54. The van der Waals surface area contributed by atoms with Gasteiger partial charge in [-0.15, -0.1) is 0 Å². The Hall–Kier alpha value is -2.12. The normalized spacial score (nSPS) is 27.0. The number of aryl methyl sites for hydroxylation is 1. The van der Waals surface area contributed by atoms with Gasteiger partial charge in [-0.2, -0.15) is 0 Å². The molecule has 0 spiro atoms. The number of rotatable bonds is 5. The zero-order valence-corrected chi connectivity index (χ0v) is 17.3. The van der Waals surface area contributed by atoms with Crippen molar-refractivity contribution in [2.45, 2.75) is 59.0 Å². The van der Waals surface area contributed by atoms with E-state index in [1.165, 1.54) is 20.8 Å². The van der Waals surface area contributed by atoms with Gasteiger partial charge in [0.05, 0.1) is 6.10 Å². The second-order valence-corrected chi connectivity index (χ2v) is 7.32.